The summed E-state index contributed by atoms with van der Waals surface area (Å²) in [7, 11) is 1.80. The van der Waals surface area contributed by atoms with Crippen molar-refractivity contribution in [2.45, 2.75) is 32.7 Å². The van der Waals surface area contributed by atoms with Crippen LogP contribution >= 0.6 is 0 Å². The summed E-state index contributed by atoms with van der Waals surface area (Å²) >= 11 is 0. The van der Waals surface area contributed by atoms with Crippen molar-refractivity contribution in [2.24, 2.45) is 5.41 Å². The molecule has 0 fully saturated rings. The van der Waals surface area contributed by atoms with Crippen molar-refractivity contribution in [3.8, 4) is 5.75 Å². The van der Waals surface area contributed by atoms with Crippen molar-refractivity contribution < 1.29 is 14.6 Å². The van der Waals surface area contributed by atoms with E-state index in [1.54, 1.807) is 20.9 Å². The zero-order chi connectivity index (χ0) is 14.0. The fourth-order valence-electron chi connectivity index (χ4n) is 2.63. The minimum absolute atomic E-state index is 0.225. The lowest BCUT2D eigenvalue weighted by Crippen LogP contribution is -2.38. The molecule has 104 valence electrons. The topological polar surface area (TPSA) is 58.6 Å². The second kappa shape index (κ2) is 5.21. The van der Waals surface area contributed by atoms with Gasteiger partial charge >= 0.3 is 5.97 Å². The average Bonchev–Trinajstić information content (AvgIpc) is 2.39. The first-order chi connectivity index (χ1) is 8.96. The maximum Gasteiger partial charge on any atom is 0.311 e. The monoisotopic (exact) mass is 263 g/mol. The highest BCUT2D eigenvalue weighted by Crippen LogP contribution is 2.36. The Balaban J connectivity index is 2.36. The molecule has 1 aliphatic rings. The summed E-state index contributed by atoms with van der Waals surface area (Å²) in [6, 6.07) is 5.75. The number of aliphatic carboxylic acids is 1. The number of ether oxygens (including phenoxy) is 1. The largest absolute Gasteiger partial charge is 0.493 e. The van der Waals surface area contributed by atoms with Crippen molar-refractivity contribution in [1.82, 2.24) is 5.32 Å². The number of carboxylic acids is 1. The number of hydrogen-bond acceptors (Lipinski definition) is 3. The molecule has 1 aromatic rings. The molecule has 2 rings (SSSR count). The molecule has 2 N–H and O–H groups in total. The highest BCUT2D eigenvalue weighted by atomic mass is 16.5. The van der Waals surface area contributed by atoms with Gasteiger partial charge in [-0.05, 0) is 50.9 Å². The van der Waals surface area contributed by atoms with E-state index in [9.17, 15) is 9.90 Å². The van der Waals surface area contributed by atoms with E-state index in [0.29, 0.717) is 0 Å². The van der Waals surface area contributed by atoms with Gasteiger partial charge in [0.25, 0.3) is 0 Å². The Morgan fingerprint density at radius 3 is 2.84 bits per heavy atom. The second-order valence-corrected chi connectivity index (χ2v) is 5.57. The first-order valence-electron chi connectivity index (χ1n) is 6.63. The molecule has 0 aromatic heterocycles. The van der Waals surface area contributed by atoms with Crippen LogP contribution in [0.25, 0.3) is 0 Å². The number of carboxylic acid groups (broad SMARTS) is 1. The van der Waals surface area contributed by atoms with Crippen LogP contribution in [0.4, 0.5) is 0 Å². The van der Waals surface area contributed by atoms with Crippen LogP contribution in [0.2, 0.25) is 0 Å². The standard InChI is InChI=1S/C15H21NO3/c1-15(2,14(17)18)13(16-3)11-6-7-12-10(9-11)5-4-8-19-12/h6-7,9,13,16H,4-5,8H2,1-3H3,(H,17,18). The summed E-state index contributed by atoms with van der Waals surface area (Å²) < 4.78 is 5.59. The molecule has 4 heteroatoms. The maximum atomic E-state index is 11.4. The van der Waals surface area contributed by atoms with Crippen molar-refractivity contribution >= 4 is 5.97 Å². The Morgan fingerprint density at radius 2 is 2.21 bits per heavy atom. The van der Waals surface area contributed by atoms with Gasteiger partial charge in [-0.25, -0.2) is 0 Å². The lowest BCUT2D eigenvalue weighted by atomic mass is 9.80. The number of rotatable bonds is 4. The Labute approximate surface area is 113 Å². The zero-order valence-corrected chi connectivity index (χ0v) is 11.7. The number of benzene rings is 1. The summed E-state index contributed by atoms with van der Waals surface area (Å²) in [4.78, 5) is 11.4. The van der Waals surface area contributed by atoms with Crippen LogP contribution in [-0.2, 0) is 11.2 Å². The number of aryl methyl sites for hydroxylation is 1. The number of nitrogens with one attached hydrogen (secondary N) is 1. The molecule has 1 heterocycles. The molecule has 1 aliphatic heterocycles. The number of fused-ring (bicyclic) bond motifs is 1. The Hall–Kier alpha value is -1.55. The molecule has 0 radical (unpaired) electrons. The molecule has 0 amide bonds. The SMILES string of the molecule is CNC(c1ccc2c(c1)CCCO2)C(C)(C)C(=O)O. The lowest BCUT2D eigenvalue weighted by Gasteiger charge is -2.31. The molecule has 0 saturated heterocycles. The van der Waals surface area contributed by atoms with E-state index in [1.807, 2.05) is 12.1 Å². The highest BCUT2D eigenvalue weighted by Gasteiger charge is 2.37. The van der Waals surface area contributed by atoms with Crippen LogP contribution in [0.15, 0.2) is 18.2 Å². The molecule has 1 aromatic carbocycles. The van der Waals surface area contributed by atoms with Crippen LogP contribution in [0.5, 0.6) is 5.75 Å². The van der Waals surface area contributed by atoms with E-state index in [2.05, 4.69) is 11.4 Å². The third-order valence-corrected chi connectivity index (χ3v) is 3.83. The molecular weight excluding hydrogens is 242 g/mol. The van der Waals surface area contributed by atoms with E-state index in [4.69, 9.17) is 4.74 Å². The van der Waals surface area contributed by atoms with Gasteiger partial charge in [0.1, 0.15) is 5.75 Å². The van der Waals surface area contributed by atoms with Crippen LogP contribution in [-0.4, -0.2) is 24.7 Å². The van der Waals surface area contributed by atoms with Crippen molar-refractivity contribution in [2.75, 3.05) is 13.7 Å². The molecule has 1 unspecified atom stereocenters. The smallest absolute Gasteiger partial charge is 0.311 e. The molecule has 4 nitrogen and oxygen atoms in total. The van der Waals surface area contributed by atoms with Crippen molar-refractivity contribution in [3.63, 3.8) is 0 Å². The van der Waals surface area contributed by atoms with Crippen LogP contribution in [0.3, 0.4) is 0 Å². The van der Waals surface area contributed by atoms with Gasteiger partial charge in [0.2, 0.25) is 0 Å². The summed E-state index contributed by atoms with van der Waals surface area (Å²) in [5, 5.41) is 12.5. The summed E-state index contributed by atoms with van der Waals surface area (Å²) in [6.45, 7) is 4.25. The quantitative estimate of drug-likeness (QED) is 0.875. The second-order valence-electron chi connectivity index (χ2n) is 5.57. The van der Waals surface area contributed by atoms with Gasteiger partial charge in [-0.3, -0.25) is 4.79 Å². The fourth-order valence-corrected chi connectivity index (χ4v) is 2.63. The zero-order valence-electron chi connectivity index (χ0n) is 11.7. The van der Waals surface area contributed by atoms with Gasteiger partial charge < -0.3 is 15.2 Å². The predicted molar refractivity (Wildman–Crippen MR) is 73.5 cm³/mol. The third-order valence-electron chi connectivity index (χ3n) is 3.83. The van der Waals surface area contributed by atoms with Gasteiger partial charge in [0.05, 0.1) is 12.0 Å². The van der Waals surface area contributed by atoms with E-state index >= 15 is 0 Å². The molecule has 0 bridgehead atoms. The Bertz CT molecular complexity index is 482. The van der Waals surface area contributed by atoms with E-state index in [-0.39, 0.29) is 6.04 Å². The predicted octanol–water partition coefficient (Wildman–Crippen LogP) is 2.38. The summed E-state index contributed by atoms with van der Waals surface area (Å²) in [5.41, 5.74) is 1.31. The third kappa shape index (κ3) is 2.59. The maximum absolute atomic E-state index is 11.4. The van der Waals surface area contributed by atoms with Gasteiger partial charge in [-0.2, -0.15) is 0 Å². The molecule has 1 atom stereocenters. The normalized spacial score (nSPS) is 16.4. The fraction of sp³-hybridized carbons (Fsp3) is 0.533. The first kappa shape index (κ1) is 13.9. The van der Waals surface area contributed by atoms with E-state index < -0.39 is 11.4 Å². The van der Waals surface area contributed by atoms with Gasteiger partial charge in [0.15, 0.2) is 0 Å². The number of hydrogen-bond donors (Lipinski definition) is 2. The highest BCUT2D eigenvalue weighted by molar-refractivity contribution is 5.75. The Kier molecular flexibility index (Phi) is 3.80. The number of carbonyl (C=O) groups is 1. The minimum Gasteiger partial charge on any atom is -0.493 e. The van der Waals surface area contributed by atoms with Crippen molar-refractivity contribution in [3.05, 3.63) is 29.3 Å². The minimum atomic E-state index is -0.863. The summed E-state index contributed by atoms with van der Waals surface area (Å²) in [5.74, 6) is 0.124. The van der Waals surface area contributed by atoms with Crippen LogP contribution in [0, 0.1) is 5.41 Å². The van der Waals surface area contributed by atoms with E-state index in [1.165, 1.54) is 5.56 Å². The molecule has 0 saturated carbocycles. The molecule has 0 spiro atoms. The summed E-state index contributed by atoms with van der Waals surface area (Å²) in [6.07, 6.45) is 2.01. The van der Waals surface area contributed by atoms with E-state index in [0.717, 1.165) is 30.8 Å². The molecule has 0 aliphatic carbocycles. The molecule has 19 heavy (non-hydrogen) atoms. The van der Waals surface area contributed by atoms with Gasteiger partial charge in [-0.15, -0.1) is 0 Å². The van der Waals surface area contributed by atoms with Crippen molar-refractivity contribution in [1.29, 1.82) is 0 Å². The first-order valence-corrected chi connectivity index (χ1v) is 6.63. The van der Waals surface area contributed by atoms with Gasteiger partial charge in [-0.1, -0.05) is 12.1 Å². The van der Waals surface area contributed by atoms with Crippen LogP contribution in [0.1, 0.15) is 37.4 Å². The Morgan fingerprint density at radius 1 is 1.47 bits per heavy atom. The van der Waals surface area contributed by atoms with Gasteiger partial charge in [0, 0.05) is 6.04 Å². The lowest BCUT2D eigenvalue weighted by molar-refractivity contribution is -0.148. The molecular formula is C15H21NO3. The average molecular weight is 263 g/mol. The van der Waals surface area contributed by atoms with Crippen LogP contribution < -0.4 is 10.1 Å².